The van der Waals surface area contributed by atoms with Crippen molar-refractivity contribution in [1.82, 2.24) is 0 Å². The number of ether oxygens (including phenoxy) is 1. The molecule has 0 saturated heterocycles. The van der Waals surface area contributed by atoms with Gasteiger partial charge in [0, 0.05) is 0 Å². The van der Waals surface area contributed by atoms with Gasteiger partial charge in [-0.25, -0.2) is 0 Å². The summed E-state index contributed by atoms with van der Waals surface area (Å²) in [4.78, 5) is 0. The first-order valence-electron chi connectivity index (χ1n) is 9.73. The lowest BCUT2D eigenvalue weighted by Gasteiger charge is -2.15. The molecular weight excluding hydrogens is 340 g/mol. The van der Waals surface area contributed by atoms with Gasteiger partial charge in [0.05, 0.1) is 0 Å². The highest BCUT2D eigenvalue weighted by Crippen LogP contribution is 2.27. The van der Waals surface area contributed by atoms with Gasteiger partial charge in [-0.3, -0.25) is 0 Å². The molecule has 0 amide bonds. The zero-order valence-corrected chi connectivity index (χ0v) is 16.1. The highest BCUT2D eigenvalue weighted by Gasteiger charge is 2.07. The van der Waals surface area contributed by atoms with Crippen LogP contribution in [0.15, 0.2) is 109 Å². The maximum Gasteiger partial charge on any atom is 0.121 e. The molecule has 0 N–H and O–H groups in total. The van der Waals surface area contributed by atoms with Gasteiger partial charge in [-0.05, 0) is 53.3 Å². The summed E-state index contributed by atoms with van der Waals surface area (Å²) < 4.78 is 6.09. The van der Waals surface area contributed by atoms with Crippen molar-refractivity contribution in [2.24, 2.45) is 0 Å². The average Bonchev–Trinajstić information content (AvgIpc) is 2.76. The SMILES string of the molecule is CC(Oc1ccc(-c2cccc(Cc3ccccc3)c2)cc1)c1ccccc1. The Kier molecular flexibility index (Phi) is 5.53. The molecule has 1 heteroatoms. The first-order valence-corrected chi connectivity index (χ1v) is 9.73. The van der Waals surface area contributed by atoms with Gasteiger partial charge in [-0.1, -0.05) is 97.1 Å². The van der Waals surface area contributed by atoms with Crippen molar-refractivity contribution in [3.63, 3.8) is 0 Å². The van der Waals surface area contributed by atoms with E-state index in [0.717, 1.165) is 12.2 Å². The van der Waals surface area contributed by atoms with E-state index in [4.69, 9.17) is 4.74 Å². The molecule has 1 nitrogen and oxygen atoms in total. The molecule has 0 aliphatic rings. The first-order chi connectivity index (χ1) is 13.8. The Bertz CT molecular complexity index is 1000. The second kappa shape index (κ2) is 8.58. The fraction of sp³-hybridized carbons (Fsp3) is 0.111. The minimum atomic E-state index is 0.0289. The van der Waals surface area contributed by atoms with Crippen LogP contribution >= 0.6 is 0 Å². The maximum atomic E-state index is 6.09. The van der Waals surface area contributed by atoms with Crippen LogP contribution in [0.25, 0.3) is 11.1 Å². The standard InChI is InChI=1S/C27H24O/c1-21(24-12-6-3-7-13-24)28-27-17-15-25(16-18-27)26-14-8-11-23(20-26)19-22-9-4-2-5-10-22/h2-18,20-21H,19H2,1H3. The summed E-state index contributed by atoms with van der Waals surface area (Å²) in [6, 6.07) is 38.0. The number of rotatable bonds is 6. The van der Waals surface area contributed by atoms with Crippen LogP contribution in [-0.2, 0) is 6.42 Å². The van der Waals surface area contributed by atoms with E-state index >= 15 is 0 Å². The van der Waals surface area contributed by atoms with Crippen LogP contribution < -0.4 is 4.74 Å². The van der Waals surface area contributed by atoms with Gasteiger partial charge in [0.15, 0.2) is 0 Å². The fourth-order valence-corrected chi connectivity index (χ4v) is 3.41. The lowest BCUT2D eigenvalue weighted by Crippen LogP contribution is -2.02. The van der Waals surface area contributed by atoms with Gasteiger partial charge in [-0.2, -0.15) is 0 Å². The summed E-state index contributed by atoms with van der Waals surface area (Å²) in [6.07, 6.45) is 0.978. The molecule has 0 fully saturated rings. The number of benzene rings is 4. The molecule has 0 bridgehead atoms. The van der Waals surface area contributed by atoms with Crippen LogP contribution in [0, 0.1) is 0 Å². The van der Waals surface area contributed by atoms with E-state index in [1.165, 1.54) is 27.8 Å². The van der Waals surface area contributed by atoms with Crippen molar-refractivity contribution in [3.05, 3.63) is 126 Å². The summed E-state index contributed by atoms with van der Waals surface area (Å²) in [5.41, 5.74) is 6.27. The minimum Gasteiger partial charge on any atom is -0.486 e. The molecule has 138 valence electrons. The van der Waals surface area contributed by atoms with Crippen LogP contribution in [0.3, 0.4) is 0 Å². The second-order valence-electron chi connectivity index (χ2n) is 7.06. The highest BCUT2D eigenvalue weighted by molar-refractivity contribution is 5.65. The Hall–Kier alpha value is -3.32. The molecule has 4 rings (SSSR count). The van der Waals surface area contributed by atoms with Crippen molar-refractivity contribution in [1.29, 1.82) is 0 Å². The Balaban J connectivity index is 1.47. The van der Waals surface area contributed by atoms with Crippen molar-refractivity contribution in [2.75, 3.05) is 0 Å². The molecule has 0 radical (unpaired) electrons. The van der Waals surface area contributed by atoms with Crippen molar-refractivity contribution in [3.8, 4) is 16.9 Å². The van der Waals surface area contributed by atoms with Gasteiger partial charge in [-0.15, -0.1) is 0 Å². The largest absolute Gasteiger partial charge is 0.486 e. The van der Waals surface area contributed by atoms with E-state index in [0.29, 0.717) is 0 Å². The first kappa shape index (κ1) is 18.1. The van der Waals surface area contributed by atoms with E-state index < -0.39 is 0 Å². The van der Waals surface area contributed by atoms with Gasteiger partial charge in [0.2, 0.25) is 0 Å². The molecule has 4 aromatic carbocycles. The van der Waals surface area contributed by atoms with E-state index in [2.05, 4.69) is 97.9 Å². The normalized spacial score (nSPS) is 11.8. The highest BCUT2D eigenvalue weighted by atomic mass is 16.5. The summed E-state index contributed by atoms with van der Waals surface area (Å²) in [7, 11) is 0. The molecule has 1 atom stereocenters. The van der Waals surface area contributed by atoms with Gasteiger partial charge in [0.1, 0.15) is 11.9 Å². The number of hydrogen-bond acceptors (Lipinski definition) is 1. The Morgan fingerprint density at radius 3 is 1.96 bits per heavy atom. The zero-order valence-electron chi connectivity index (χ0n) is 16.1. The maximum absolute atomic E-state index is 6.09. The molecular formula is C27H24O. The molecule has 0 aliphatic heterocycles. The van der Waals surface area contributed by atoms with E-state index in [1.54, 1.807) is 0 Å². The van der Waals surface area contributed by atoms with Crippen molar-refractivity contribution < 1.29 is 4.74 Å². The van der Waals surface area contributed by atoms with E-state index in [9.17, 15) is 0 Å². The van der Waals surface area contributed by atoms with Crippen LogP contribution in [-0.4, -0.2) is 0 Å². The number of hydrogen-bond donors (Lipinski definition) is 0. The van der Waals surface area contributed by atoms with Crippen molar-refractivity contribution in [2.45, 2.75) is 19.4 Å². The van der Waals surface area contributed by atoms with Crippen LogP contribution in [0.5, 0.6) is 5.75 Å². The predicted molar refractivity (Wildman–Crippen MR) is 117 cm³/mol. The van der Waals surface area contributed by atoms with Crippen LogP contribution in [0.4, 0.5) is 0 Å². The summed E-state index contributed by atoms with van der Waals surface area (Å²) in [5, 5.41) is 0. The van der Waals surface area contributed by atoms with Gasteiger partial charge < -0.3 is 4.74 Å². The zero-order chi connectivity index (χ0) is 19.2. The molecule has 28 heavy (non-hydrogen) atoms. The lowest BCUT2D eigenvalue weighted by atomic mass is 9.99. The van der Waals surface area contributed by atoms with Gasteiger partial charge >= 0.3 is 0 Å². The Labute approximate surface area is 167 Å². The van der Waals surface area contributed by atoms with E-state index in [1.807, 2.05) is 18.2 Å². The molecule has 0 saturated carbocycles. The van der Waals surface area contributed by atoms with Gasteiger partial charge in [0.25, 0.3) is 0 Å². The lowest BCUT2D eigenvalue weighted by molar-refractivity contribution is 0.227. The van der Waals surface area contributed by atoms with Crippen molar-refractivity contribution >= 4 is 0 Å². The topological polar surface area (TPSA) is 9.23 Å². The fourth-order valence-electron chi connectivity index (χ4n) is 3.41. The molecule has 4 aromatic rings. The molecule has 0 aromatic heterocycles. The van der Waals surface area contributed by atoms with E-state index in [-0.39, 0.29) is 6.10 Å². The minimum absolute atomic E-state index is 0.0289. The third-order valence-corrected chi connectivity index (χ3v) is 4.95. The molecule has 1 unspecified atom stereocenters. The summed E-state index contributed by atoms with van der Waals surface area (Å²) in [5.74, 6) is 0.889. The van der Waals surface area contributed by atoms with Crippen LogP contribution in [0.2, 0.25) is 0 Å². The summed E-state index contributed by atoms with van der Waals surface area (Å²) in [6.45, 7) is 2.08. The third-order valence-electron chi connectivity index (χ3n) is 4.95. The smallest absolute Gasteiger partial charge is 0.121 e. The quantitative estimate of drug-likeness (QED) is 0.355. The molecule has 0 heterocycles. The molecule has 0 spiro atoms. The average molecular weight is 364 g/mol. The predicted octanol–water partition coefficient (Wildman–Crippen LogP) is 7.08. The Morgan fingerprint density at radius 2 is 1.25 bits per heavy atom. The third kappa shape index (κ3) is 4.50. The second-order valence-corrected chi connectivity index (χ2v) is 7.06. The summed E-state index contributed by atoms with van der Waals surface area (Å²) >= 11 is 0. The Morgan fingerprint density at radius 1 is 0.607 bits per heavy atom. The molecule has 0 aliphatic carbocycles. The van der Waals surface area contributed by atoms with Crippen LogP contribution in [0.1, 0.15) is 29.7 Å². The monoisotopic (exact) mass is 364 g/mol.